The third kappa shape index (κ3) is 6.64. The highest BCUT2D eigenvalue weighted by molar-refractivity contribution is 5.78. The Balaban J connectivity index is 1.45. The van der Waals surface area contributed by atoms with Crippen molar-refractivity contribution < 1.29 is 33.0 Å². The highest BCUT2D eigenvalue weighted by Crippen LogP contribution is 2.28. The fraction of sp³-hybridized carbons (Fsp3) is 0.417. The van der Waals surface area contributed by atoms with Gasteiger partial charge in [0, 0.05) is 57.9 Å². The molecule has 33 heavy (non-hydrogen) atoms. The minimum atomic E-state index is -2.87. The number of carbonyl (C=O) groups is 2. The molecule has 1 amide bonds. The van der Waals surface area contributed by atoms with E-state index in [1.165, 1.54) is 19.2 Å². The van der Waals surface area contributed by atoms with Gasteiger partial charge in [0.2, 0.25) is 0 Å². The number of methoxy groups -OCH3 is 1. The van der Waals surface area contributed by atoms with Crippen molar-refractivity contribution in [1.29, 1.82) is 0 Å². The van der Waals surface area contributed by atoms with Crippen LogP contribution >= 0.6 is 0 Å². The van der Waals surface area contributed by atoms with Gasteiger partial charge in [-0.2, -0.15) is 0 Å². The van der Waals surface area contributed by atoms with E-state index >= 15 is 0 Å². The number of nitrogens with zero attached hydrogens (tertiary/aromatic N) is 2. The van der Waals surface area contributed by atoms with Crippen LogP contribution in [0.3, 0.4) is 0 Å². The molecule has 0 spiro atoms. The first kappa shape index (κ1) is 24.4. The van der Waals surface area contributed by atoms with E-state index in [0.717, 1.165) is 18.2 Å². The molecule has 1 fully saturated rings. The van der Waals surface area contributed by atoms with Crippen LogP contribution in [0.15, 0.2) is 48.5 Å². The van der Waals surface area contributed by atoms with Crippen molar-refractivity contribution in [2.75, 3.05) is 44.8 Å². The van der Waals surface area contributed by atoms with Gasteiger partial charge in [0.15, 0.2) is 12.7 Å². The maximum absolute atomic E-state index is 13.4. The highest BCUT2D eigenvalue weighted by Gasteiger charge is 2.25. The van der Waals surface area contributed by atoms with Gasteiger partial charge in [-0.15, -0.1) is 0 Å². The number of hydrogen-bond donors (Lipinski definition) is 1. The summed E-state index contributed by atoms with van der Waals surface area (Å²) in [5.41, 5.74) is 1.62. The fourth-order valence-corrected chi connectivity index (χ4v) is 3.62. The van der Waals surface area contributed by atoms with E-state index in [9.17, 15) is 18.4 Å². The van der Waals surface area contributed by atoms with Crippen LogP contribution in [0.2, 0.25) is 0 Å². The molecule has 2 aromatic carbocycles. The summed E-state index contributed by atoms with van der Waals surface area (Å²) in [4.78, 5) is 27.3. The summed E-state index contributed by atoms with van der Waals surface area (Å²) >= 11 is 0. The van der Waals surface area contributed by atoms with Crippen molar-refractivity contribution in [2.24, 2.45) is 0 Å². The van der Waals surface area contributed by atoms with Gasteiger partial charge in [0.05, 0.1) is 0 Å². The molecule has 0 radical (unpaired) electrons. The number of rotatable bonds is 9. The van der Waals surface area contributed by atoms with E-state index in [0.29, 0.717) is 31.9 Å². The summed E-state index contributed by atoms with van der Waals surface area (Å²) in [5, 5.41) is 9.06. The molecule has 1 saturated heterocycles. The number of piperazine rings is 1. The maximum atomic E-state index is 13.4. The van der Waals surface area contributed by atoms with Crippen molar-refractivity contribution in [3.8, 4) is 5.75 Å². The summed E-state index contributed by atoms with van der Waals surface area (Å²) in [5.74, 6) is -3.51. The average molecular weight is 462 g/mol. The molecule has 3 rings (SSSR count). The molecule has 9 heteroatoms. The van der Waals surface area contributed by atoms with Crippen molar-refractivity contribution in [3.05, 3.63) is 59.7 Å². The van der Waals surface area contributed by atoms with Gasteiger partial charge in [-0.1, -0.05) is 24.3 Å². The largest absolute Gasteiger partial charge is 0.484 e. The van der Waals surface area contributed by atoms with Crippen molar-refractivity contribution in [2.45, 2.75) is 25.4 Å². The minimum Gasteiger partial charge on any atom is -0.484 e. The Labute approximate surface area is 191 Å². The number of carboxylic acid groups (broad SMARTS) is 1. The van der Waals surface area contributed by atoms with Crippen LogP contribution in [0.1, 0.15) is 18.1 Å². The summed E-state index contributed by atoms with van der Waals surface area (Å²) in [6.07, 6.45) is -0.679. The first-order valence-corrected chi connectivity index (χ1v) is 10.7. The smallest absolute Gasteiger partial charge is 0.333 e. The predicted molar refractivity (Wildman–Crippen MR) is 119 cm³/mol. The van der Waals surface area contributed by atoms with E-state index < -0.39 is 18.0 Å². The van der Waals surface area contributed by atoms with E-state index in [1.54, 1.807) is 41.3 Å². The Morgan fingerprint density at radius 1 is 1.03 bits per heavy atom. The molecule has 1 unspecified atom stereocenters. The monoisotopic (exact) mass is 462 g/mol. The number of alkyl halides is 2. The van der Waals surface area contributed by atoms with Crippen molar-refractivity contribution in [1.82, 2.24) is 4.90 Å². The van der Waals surface area contributed by atoms with E-state index in [-0.39, 0.29) is 24.5 Å². The lowest BCUT2D eigenvalue weighted by atomic mass is 10.1. The van der Waals surface area contributed by atoms with E-state index in [4.69, 9.17) is 14.6 Å². The van der Waals surface area contributed by atoms with Crippen LogP contribution in [-0.4, -0.2) is 67.9 Å². The number of anilines is 1. The first-order valence-electron chi connectivity index (χ1n) is 10.7. The number of aliphatic carboxylic acids is 1. The Hall–Kier alpha value is -3.20. The number of amides is 1. The zero-order valence-electron chi connectivity index (χ0n) is 18.7. The standard InChI is InChI=1S/C24H28F2N2O5/c1-24(25,26)18-5-7-19(8-6-18)27-11-13-28(14-12-27)22(29)16-33-20-9-3-17(4-10-20)15-21(32-2)23(30)31/h3-10,21H,11-16H2,1-2H3,(H,30,31). The lowest BCUT2D eigenvalue weighted by Crippen LogP contribution is -2.50. The first-order chi connectivity index (χ1) is 15.7. The molecule has 1 N–H and O–H groups in total. The van der Waals surface area contributed by atoms with Gasteiger partial charge in [-0.3, -0.25) is 4.79 Å². The zero-order valence-corrected chi connectivity index (χ0v) is 18.7. The van der Waals surface area contributed by atoms with Gasteiger partial charge in [0.25, 0.3) is 11.8 Å². The van der Waals surface area contributed by atoms with Gasteiger partial charge in [0.1, 0.15) is 5.75 Å². The molecule has 7 nitrogen and oxygen atoms in total. The molecule has 0 saturated carbocycles. The van der Waals surface area contributed by atoms with Crippen LogP contribution in [-0.2, 0) is 26.7 Å². The quantitative estimate of drug-likeness (QED) is 0.617. The third-order valence-corrected chi connectivity index (χ3v) is 5.64. The molecule has 1 aliphatic rings. The van der Waals surface area contributed by atoms with Gasteiger partial charge >= 0.3 is 5.97 Å². The Morgan fingerprint density at radius 3 is 2.15 bits per heavy atom. The topological polar surface area (TPSA) is 79.3 Å². The highest BCUT2D eigenvalue weighted by atomic mass is 19.3. The van der Waals surface area contributed by atoms with Crippen LogP contribution in [0, 0.1) is 0 Å². The predicted octanol–water partition coefficient (Wildman–Crippen LogP) is 3.17. The normalized spacial score (nSPS) is 15.3. The lowest BCUT2D eigenvalue weighted by molar-refractivity contribution is -0.148. The fourth-order valence-electron chi connectivity index (χ4n) is 3.62. The van der Waals surface area contributed by atoms with Crippen LogP contribution < -0.4 is 9.64 Å². The van der Waals surface area contributed by atoms with E-state index in [2.05, 4.69) is 4.90 Å². The third-order valence-electron chi connectivity index (χ3n) is 5.64. The van der Waals surface area contributed by atoms with Crippen molar-refractivity contribution >= 4 is 17.6 Å². The van der Waals surface area contributed by atoms with Gasteiger partial charge in [-0.05, 0) is 29.8 Å². The summed E-state index contributed by atoms with van der Waals surface area (Å²) in [6, 6.07) is 13.1. The Bertz CT molecular complexity index is 937. The molecule has 1 atom stereocenters. The van der Waals surface area contributed by atoms with Crippen LogP contribution in [0.5, 0.6) is 5.75 Å². The Morgan fingerprint density at radius 2 is 1.64 bits per heavy atom. The summed E-state index contributed by atoms with van der Waals surface area (Å²) in [6.45, 7) is 3.01. The van der Waals surface area contributed by atoms with Crippen LogP contribution in [0.25, 0.3) is 0 Å². The van der Waals surface area contributed by atoms with Crippen LogP contribution in [0.4, 0.5) is 14.5 Å². The number of ether oxygens (including phenoxy) is 2. The molecule has 0 aliphatic carbocycles. The molecule has 2 aromatic rings. The van der Waals surface area contributed by atoms with Gasteiger partial charge < -0.3 is 24.4 Å². The number of carbonyl (C=O) groups excluding carboxylic acids is 1. The second-order valence-electron chi connectivity index (χ2n) is 8.00. The molecule has 178 valence electrons. The Kier molecular flexibility index (Phi) is 7.86. The molecule has 1 aliphatic heterocycles. The minimum absolute atomic E-state index is 0.0226. The summed E-state index contributed by atoms with van der Waals surface area (Å²) in [7, 11) is 1.35. The molecule has 1 heterocycles. The number of carboxylic acids is 1. The summed E-state index contributed by atoms with van der Waals surface area (Å²) < 4.78 is 37.3. The zero-order chi connectivity index (χ0) is 24.0. The maximum Gasteiger partial charge on any atom is 0.333 e. The molecule has 0 aromatic heterocycles. The number of hydrogen-bond acceptors (Lipinski definition) is 5. The van der Waals surface area contributed by atoms with E-state index in [1.807, 2.05) is 0 Å². The average Bonchev–Trinajstić information content (AvgIpc) is 2.81. The second kappa shape index (κ2) is 10.6. The molecular weight excluding hydrogens is 434 g/mol. The SMILES string of the molecule is COC(Cc1ccc(OCC(=O)N2CCN(c3ccc(C(C)(F)F)cc3)CC2)cc1)C(=O)O. The molecular formula is C24H28F2N2O5. The van der Waals surface area contributed by atoms with Crippen molar-refractivity contribution in [3.63, 3.8) is 0 Å². The molecule has 0 bridgehead atoms. The lowest BCUT2D eigenvalue weighted by Gasteiger charge is -2.36. The van der Waals surface area contributed by atoms with Gasteiger partial charge in [-0.25, -0.2) is 13.6 Å². The number of halogens is 2. The number of benzene rings is 2. The second-order valence-corrected chi connectivity index (χ2v) is 8.00.